The lowest BCUT2D eigenvalue weighted by Gasteiger charge is -2.30. The van der Waals surface area contributed by atoms with Crippen LogP contribution < -0.4 is 4.90 Å². The molecule has 10 rings (SSSR count). The molecule has 0 radical (unpaired) electrons. The number of allylic oxidation sites excluding steroid dienone is 3. The van der Waals surface area contributed by atoms with E-state index in [0.29, 0.717) is 5.92 Å². The molecular weight excluding hydrogens is 613 g/mol. The van der Waals surface area contributed by atoms with Crippen LogP contribution in [-0.4, -0.2) is 4.57 Å². The molecule has 9 aromatic rings. The fourth-order valence-corrected chi connectivity index (χ4v) is 9.06. The number of benzene rings is 7. The Labute approximate surface area is 289 Å². The molecular formula is C46H32N2S. The second kappa shape index (κ2) is 11.4. The molecule has 1 aliphatic carbocycles. The summed E-state index contributed by atoms with van der Waals surface area (Å²) in [6.07, 6.45) is 8.12. The van der Waals surface area contributed by atoms with E-state index in [1.54, 1.807) is 0 Å². The van der Waals surface area contributed by atoms with Crippen molar-refractivity contribution in [1.29, 1.82) is 0 Å². The zero-order valence-corrected chi connectivity index (χ0v) is 27.6. The highest BCUT2D eigenvalue weighted by Gasteiger charge is 2.24. The number of thiophene rings is 1. The number of aromatic nitrogens is 1. The Morgan fingerprint density at radius 3 is 1.98 bits per heavy atom. The van der Waals surface area contributed by atoms with E-state index in [0.717, 1.165) is 12.1 Å². The van der Waals surface area contributed by atoms with Crippen molar-refractivity contribution in [3.8, 4) is 5.69 Å². The Morgan fingerprint density at radius 1 is 0.571 bits per heavy atom. The monoisotopic (exact) mass is 644 g/mol. The summed E-state index contributed by atoms with van der Waals surface area (Å²) < 4.78 is 5.04. The van der Waals surface area contributed by atoms with E-state index in [9.17, 15) is 0 Å². The van der Waals surface area contributed by atoms with E-state index >= 15 is 0 Å². The number of nitrogens with zero attached hydrogens (tertiary/aromatic N) is 2. The molecule has 0 N–H and O–H groups in total. The second-order valence-corrected chi connectivity index (χ2v) is 13.9. The lowest BCUT2D eigenvalue weighted by molar-refractivity contribution is 0.847. The van der Waals surface area contributed by atoms with E-state index in [1.807, 2.05) is 11.3 Å². The smallest absolute Gasteiger partial charge is 0.0661 e. The Bertz CT molecular complexity index is 2700. The van der Waals surface area contributed by atoms with Gasteiger partial charge in [0, 0.05) is 49.2 Å². The van der Waals surface area contributed by atoms with E-state index in [4.69, 9.17) is 0 Å². The zero-order chi connectivity index (χ0) is 32.3. The highest BCUT2D eigenvalue weighted by Crippen LogP contribution is 2.46. The SMILES string of the molecule is C1=CC(c2cccc3ccccc23)CC=C1N(c1ccccc1)c1cc(-n2c3ccccc3c3ccccc32)cc2c1sc1ccccc12. The minimum absolute atomic E-state index is 0.320. The molecule has 7 aromatic carbocycles. The quantitative estimate of drug-likeness (QED) is 0.181. The number of anilines is 2. The van der Waals surface area contributed by atoms with Gasteiger partial charge in [0.1, 0.15) is 0 Å². The standard InChI is InChI=1S/C46H32N2S/c1-2-15-33(16-3-1)47(34-27-25-32(26-28-34)37-21-12-14-31-13-4-5-17-36(31)37)44-30-35(29-41-40-20-8-11-24-45(40)49-46(41)44)48-42-22-9-6-18-38(42)39-19-7-10-23-43(39)48/h1-25,27-30,32H,26H2. The Balaban J connectivity index is 1.20. The van der Waals surface area contributed by atoms with Crippen LogP contribution in [0.5, 0.6) is 0 Å². The summed E-state index contributed by atoms with van der Waals surface area (Å²) >= 11 is 1.89. The van der Waals surface area contributed by atoms with Crippen LogP contribution in [0.25, 0.3) is 58.4 Å². The van der Waals surface area contributed by atoms with Gasteiger partial charge in [0.2, 0.25) is 0 Å². The number of hydrogen-bond donors (Lipinski definition) is 0. The summed E-state index contributed by atoms with van der Waals surface area (Å²) in [6.45, 7) is 0. The molecule has 2 nitrogen and oxygen atoms in total. The molecule has 0 bridgehead atoms. The maximum Gasteiger partial charge on any atom is 0.0661 e. The van der Waals surface area contributed by atoms with E-state index in [-0.39, 0.29) is 0 Å². The van der Waals surface area contributed by atoms with Crippen molar-refractivity contribution in [2.45, 2.75) is 12.3 Å². The summed E-state index contributed by atoms with van der Waals surface area (Å²) in [6, 6.07) is 57.5. The van der Waals surface area contributed by atoms with E-state index in [1.165, 1.54) is 75.4 Å². The van der Waals surface area contributed by atoms with Gasteiger partial charge in [-0.15, -0.1) is 11.3 Å². The number of rotatable bonds is 5. The summed E-state index contributed by atoms with van der Waals surface area (Å²) in [5.74, 6) is 0.320. The van der Waals surface area contributed by atoms with Crippen molar-refractivity contribution < 1.29 is 0 Å². The van der Waals surface area contributed by atoms with E-state index < -0.39 is 0 Å². The van der Waals surface area contributed by atoms with Crippen molar-refractivity contribution >= 4 is 75.5 Å². The third-order valence-electron chi connectivity index (χ3n) is 10.1. The summed E-state index contributed by atoms with van der Waals surface area (Å²) in [7, 11) is 0. The second-order valence-electron chi connectivity index (χ2n) is 12.9. The van der Waals surface area contributed by atoms with Gasteiger partial charge in [-0.05, 0) is 71.3 Å². The highest BCUT2D eigenvalue weighted by molar-refractivity contribution is 7.26. The van der Waals surface area contributed by atoms with Gasteiger partial charge < -0.3 is 9.47 Å². The van der Waals surface area contributed by atoms with Gasteiger partial charge in [-0.2, -0.15) is 0 Å². The predicted octanol–water partition coefficient (Wildman–Crippen LogP) is 13.1. The Kier molecular flexibility index (Phi) is 6.53. The highest BCUT2D eigenvalue weighted by atomic mass is 32.1. The van der Waals surface area contributed by atoms with Crippen LogP contribution >= 0.6 is 11.3 Å². The van der Waals surface area contributed by atoms with Crippen molar-refractivity contribution in [2.24, 2.45) is 0 Å². The van der Waals surface area contributed by atoms with Gasteiger partial charge in [-0.3, -0.25) is 0 Å². The molecule has 1 aliphatic rings. The lowest BCUT2D eigenvalue weighted by atomic mass is 9.88. The van der Waals surface area contributed by atoms with Crippen LogP contribution in [-0.2, 0) is 0 Å². The van der Waals surface area contributed by atoms with Gasteiger partial charge in [0.15, 0.2) is 0 Å². The lowest BCUT2D eigenvalue weighted by Crippen LogP contribution is -2.17. The van der Waals surface area contributed by atoms with Crippen LogP contribution in [0.2, 0.25) is 0 Å². The molecule has 0 aliphatic heterocycles. The molecule has 0 saturated heterocycles. The first-order chi connectivity index (χ1) is 24.3. The maximum atomic E-state index is 2.48. The molecule has 49 heavy (non-hydrogen) atoms. The predicted molar refractivity (Wildman–Crippen MR) is 211 cm³/mol. The number of hydrogen-bond acceptors (Lipinski definition) is 2. The van der Waals surface area contributed by atoms with Crippen molar-refractivity contribution in [1.82, 2.24) is 4.57 Å². The fourth-order valence-electron chi connectivity index (χ4n) is 7.87. The molecule has 3 heteroatoms. The van der Waals surface area contributed by atoms with Gasteiger partial charge in [-0.1, -0.05) is 127 Å². The molecule has 0 amide bonds. The van der Waals surface area contributed by atoms with Gasteiger partial charge in [0.05, 0.1) is 21.4 Å². The van der Waals surface area contributed by atoms with Gasteiger partial charge in [0.25, 0.3) is 0 Å². The molecule has 0 spiro atoms. The Hall–Kier alpha value is -5.90. The third kappa shape index (κ3) is 4.54. The average Bonchev–Trinajstić information content (AvgIpc) is 3.71. The molecule has 1 unspecified atom stereocenters. The zero-order valence-electron chi connectivity index (χ0n) is 26.8. The largest absolute Gasteiger partial charge is 0.309 e. The first kappa shape index (κ1) is 28.1. The minimum atomic E-state index is 0.320. The average molecular weight is 645 g/mol. The third-order valence-corrected chi connectivity index (χ3v) is 11.3. The molecule has 2 aromatic heterocycles. The van der Waals surface area contributed by atoms with E-state index in [2.05, 4.69) is 185 Å². The normalized spacial score (nSPS) is 14.7. The number of fused-ring (bicyclic) bond motifs is 7. The summed E-state index contributed by atoms with van der Waals surface area (Å²) in [5.41, 5.74) is 8.53. The molecule has 232 valence electrons. The van der Waals surface area contributed by atoms with Gasteiger partial charge >= 0.3 is 0 Å². The fraction of sp³-hybridized carbons (Fsp3) is 0.0435. The molecule has 0 saturated carbocycles. The van der Waals surface area contributed by atoms with Crippen molar-refractivity contribution in [2.75, 3.05) is 4.90 Å². The van der Waals surface area contributed by atoms with Crippen LogP contribution in [0.1, 0.15) is 17.9 Å². The van der Waals surface area contributed by atoms with Crippen LogP contribution in [0.15, 0.2) is 182 Å². The van der Waals surface area contributed by atoms with Crippen molar-refractivity contribution in [3.05, 3.63) is 187 Å². The topological polar surface area (TPSA) is 8.17 Å². The number of para-hydroxylation sites is 3. The molecule has 2 heterocycles. The van der Waals surface area contributed by atoms with Crippen LogP contribution in [0, 0.1) is 0 Å². The minimum Gasteiger partial charge on any atom is -0.309 e. The first-order valence-corrected chi connectivity index (χ1v) is 17.8. The van der Waals surface area contributed by atoms with Crippen LogP contribution in [0.4, 0.5) is 11.4 Å². The summed E-state index contributed by atoms with van der Waals surface area (Å²) in [5, 5.41) is 7.75. The summed E-state index contributed by atoms with van der Waals surface area (Å²) in [4.78, 5) is 2.48. The molecule has 0 fully saturated rings. The molecule has 1 atom stereocenters. The van der Waals surface area contributed by atoms with Crippen LogP contribution in [0.3, 0.4) is 0 Å². The van der Waals surface area contributed by atoms with Gasteiger partial charge in [-0.25, -0.2) is 0 Å². The maximum absolute atomic E-state index is 2.48. The first-order valence-electron chi connectivity index (χ1n) is 17.0. The Morgan fingerprint density at radius 2 is 1.22 bits per heavy atom. The van der Waals surface area contributed by atoms with Crippen molar-refractivity contribution in [3.63, 3.8) is 0 Å².